The lowest BCUT2D eigenvalue weighted by Crippen LogP contribution is -2.55. The van der Waals surface area contributed by atoms with Crippen LogP contribution in [0.1, 0.15) is 62.6 Å². The van der Waals surface area contributed by atoms with Crippen molar-refractivity contribution in [2.45, 2.75) is 70.6 Å². The quantitative estimate of drug-likeness (QED) is 0.0677. The lowest BCUT2D eigenvalue weighted by Gasteiger charge is -2.45. The molecule has 294 valence electrons. The Morgan fingerprint density at radius 1 is 0.909 bits per heavy atom. The second-order valence-electron chi connectivity index (χ2n) is 13.9. The first-order valence-corrected chi connectivity index (χ1v) is 19.4. The van der Waals surface area contributed by atoms with Crippen LogP contribution in [0.5, 0.6) is 11.5 Å². The zero-order valence-electron chi connectivity index (χ0n) is 32.5. The van der Waals surface area contributed by atoms with Gasteiger partial charge in [-0.05, 0) is 75.6 Å². The van der Waals surface area contributed by atoms with E-state index in [1.54, 1.807) is 21.1 Å². The summed E-state index contributed by atoms with van der Waals surface area (Å²) >= 11 is 0. The van der Waals surface area contributed by atoms with Gasteiger partial charge in [0.05, 0.1) is 59.7 Å². The van der Waals surface area contributed by atoms with E-state index in [9.17, 15) is 14.9 Å². The molecule has 0 saturated carbocycles. The molecule has 4 aromatic rings. The SMILES string of the molecule is COc1ccc(C(OC[C@]2(COP(OCCC#N)N(C(C)C)C(C)C)COC[C@H](n3cc(C)c(=O)[nH]c3=O)O2)(c2ccccc2)c2ccc(OC)cc2)cc1. The summed E-state index contributed by atoms with van der Waals surface area (Å²) < 4.78 is 47.9. The minimum Gasteiger partial charge on any atom is -0.497 e. The van der Waals surface area contributed by atoms with Gasteiger partial charge in [-0.15, -0.1) is 0 Å². The number of benzene rings is 3. The van der Waals surface area contributed by atoms with Crippen LogP contribution in [0, 0.1) is 18.3 Å². The summed E-state index contributed by atoms with van der Waals surface area (Å²) in [5.41, 5.74) is -0.823. The van der Waals surface area contributed by atoms with Gasteiger partial charge >= 0.3 is 5.69 Å². The van der Waals surface area contributed by atoms with Crippen LogP contribution in [0.25, 0.3) is 0 Å². The second-order valence-corrected chi connectivity index (χ2v) is 15.3. The molecule has 1 aliphatic rings. The van der Waals surface area contributed by atoms with Crippen LogP contribution >= 0.6 is 8.53 Å². The van der Waals surface area contributed by atoms with Gasteiger partial charge in [0, 0.05) is 23.8 Å². The highest BCUT2D eigenvalue weighted by Crippen LogP contribution is 2.48. The summed E-state index contributed by atoms with van der Waals surface area (Å²) in [6.45, 7) is 9.97. The Morgan fingerprint density at radius 2 is 1.49 bits per heavy atom. The molecular weight excluding hydrogens is 723 g/mol. The molecule has 0 bridgehead atoms. The number of nitrogens with one attached hydrogen (secondary N) is 1. The van der Waals surface area contributed by atoms with E-state index in [4.69, 9.17) is 32.7 Å². The minimum absolute atomic E-state index is 0.0332. The number of methoxy groups -OCH3 is 2. The molecule has 0 radical (unpaired) electrons. The van der Waals surface area contributed by atoms with Crippen molar-refractivity contribution in [3.8, 4) is 17.6 Å². The van der Waals surface area contributed by atoms with E-state index in [1.165, 1.54) is 10.8 Å². The summed E-state index contributed by atoms with van der Waals surface area (Å²) in [4.78, 5) is 27.9. The summed E-state index contributed by atoms with van der Waals surface area (Å²) in [5.74, 6) is 1.37. The van der Waals surface area contributed by atoms with Crippen LogP contribution in [0.15, 0.2) is 94.6 Å². The number of nitrogens with zero attached hydrogens (tertiary/aromatic N) is 3. The predicted molar refractivity (Wildman–Crippen MR) is 209 cm³/mol. The van der Waals surface area contributed by atoms with E-state index in [1.807, 2.05) is 78.9 Å². The number of hydrogen-bond acceptors (Lipinski definition) is 11. The minimum atomic E-state index is -1.69. The molecule has 1 N–H and O–H groups in total. The van der Waals surface area contributed by atoms with Crippen molar-refractivity contribution >= 4 is 8.53 Å². The third-order valence-corrected chi connectivity index (χ3v) is 11.3. The molecule has 3 atom stereocenters. The maximum atomic E-state index is 13.2. The summed E-state index contributed by atoms with van der Waals surface area (Å²) in [5, 5.41) is 9.30. The maximum Gasteiger partial charge on any atom is 0.330 e. The Labute approximate surface area is 323 Å². The van der Waals surface area contributed by atoms with Crippen molar-refractivity contribution in [2.75, 3.05) is 47.3 Å². The average molecular weight is 775 g/mol. The average Bonchev–Trinajstić information content (AvgIpc) is 3.19. The zero-order chi connectivity index (χ0) is 39.6. The third kappa shape index (κ3) is 9.72. The first-order valence-electron chi connectivity index (χ1n) is 18.2. The molecule has 3 aromatic carbocycles. The second kappa shape index (κ2) is 19.0. The molecule has 14 heteroatoms. The van der Waals surface area contributed by atoms with E-state index >= 15 is 0 Å². The molecular formula is C41H51N4O9P. The fraction of sp³-hybridized carbons (Fsp3) is 0.439. The smallest absolute Gasteiger partial charge is 0.330 e. The summed E-state index contributed by atoms with van der Waals surface area (Å²) in [6, 6.07) is 27.5. The fourth-order valence-electron chi connectivity index (χ4n) is 6.63. The first-order chi connectivity index (χ1) is 26.5. The van der Waals surface area contributed by atoms with Crippen molar-refractivity contribution in [1.82, 2.24) is 14.2 Å². The van der Waals surface area contributed by atoms with Gasteiger partial charge in [-0.25, -0.2) is 9.46 Å². The number of rotatable bonds is 18. The van der Waals surface area contributed by atoms with E-state index < -0.39 is 37.2 Å². The molecule has 55 heavy (non-hydrogen) atoms. The highest BCUT2D eigenvalue weighted by Gasteiger charge is 2.46. The van der Waals surface area contributed by atoms with Crippen molar-refractivity contribution in [3.63, 3.8) is 0 Å². The van der Waals surface area contributed by atoms with Gasteiger partial charge in [-0.3, -0.25) is 14.3 Å². The van der Waals surface area contributed by atoms with Crippen molar-refractivity contribution < 1.29 is 32.7 Å². The predicted octanol–water partition coefficient (Wildman–Crippen LogP) is 6.45. The summed E-state index contributed by atoms with van der Waals surface area (Å²) in [6.07, 6.45) is 0.724. The molecule has 0 spiro atoms. The van der Waals surface area contributed by atoms with E-state index in [0.717, 1.165) is 16.7 Å². The van der Waals surface area contributed by atoms with Crippen LogP contribution in [0.4, 0.5) is 0 Å². The molecule has 1 saturated heterocycles. The monoisotopic (exact) mass is 774 g/mol. The molecule has 1 aromatic heterocycles. The number of nitriles is 1. The Bertz CT molecular complexity index is 1930. The van der Waals surface area contributed by atoms with Gasteiger partial charge in [0.25, 0.3) is 14.1 Å². The number of aromatic nitrogens is 2. The Balaban J connectivity index is 1.64. The van der Waals surface area contributed by atoms with Crippen LogP contribution in [-0.2, 0) is 28.9 Å². The number of aryl methyl sites for hydroxylation is 1. The zero-order valence-corrected chi connectivity index (χ0v) is 33.4. The first kappa shape index (κ1) is 41.8. The molecule has 13 nitrogen and oxygen atoms in total. The number of H-pyrrole nitrogens is 1. The van der Waals surface area contributed by atoms with Crippen molar-refractivity contribution in [3.05, 3.63) is 128 Å². The Morgan fingerprint density at radius 3 is 2.04 bits per heavy atom. The molecule has 1 fully saturated rings. The highest BCUT2D eigenvalue weighted by atomic mass is 31.2. The van der Waals surface area contributed by atoms with Crippen LogP contribution in [0.3, 0.4) is 0 Å². The number of aromatic amines is 1. The lowest BCUT2D eigenvalue weighted by atomic mass is 9.79. The van der Waals surface area contributed by atoms with Gasteiger partial charge in [0.15, 0.2) is 6.23 Å². The Hall–Kier alpha value is -4.38. The van der Waals surface area contributed by atoms with Gasteiger partial charge < -0.3 is 32.7 Å². The molecule has 1 unspecified atom stereocenters. The van der Waals surface area contributed by atoms with Gasteiger partial charge in [-0.2, -0.15) is 5.26 Å². The standard InChI is InChI=1S/C41H51N4O9P/c1-29(2)45(30(3)4)55(52-23-11-22-42)53-28-40(26-50-25-37(54-40)44-24-31(5)38(46)43-39(44)47)27-51-41(32-12-9-8-10-13-32,33-14-18-35(48-6)19-15-33)34-16-20-36(49-7)21-17-34/h8-10,12-21,24,29-30,37H,11,23,25-28H2,1-7H3,(H,43,46,47)/t37-,40+,55?/m1/s1. The van der Waals surface area contributed by atoms with Crippen molar-refractivity contribution in [2.24, 2.45) is 0 Å². The van der Waals surface area contributed by atoms with Crippen LogP contribution < -0.4 is 20.7 Å². The van der Waals surface area contributed by atoms with Crippen LogP contribution in [-0.4, -0.2) is 79.2 Å². The molecule has 0 amide bonds. The highest BCUT2D eigenvalue weighted by molar-refractivity contribution is 7.44. The molecule has 2 heterocycles. The van der Waals surface area contributed by atoms with Gasteiger partial charge in [0.1, 0.15) is 22.7 Å². The molecule has 5 rings (SSSR count). The van der Waals surface area contributed by atoms with Crippen LogP contribution in [0.2, 0.25) is 0 Å². The Kier molecular flexibility index (Phi) is 14.4. The topological polar surface area (TPSA) is 146 Å². The summed E-state index contributed by atoms with van der Waals surface area (Å²) in [7, 11) is 1.55. The molecule has 0 aliphatic carbocycles. The number of hydrogen-bond donors (Lipinski definition) is 1. The third-order valence-electron chi connectivity index (χ3n) is 9.29. The van der Waals surface area contributed by atoms with E-state index in [0.29, 0.717) is 17.1 Å². The van der Waals surface area contributed by atoms with Gasteiger partial charge in [0.2, 0.25) is 0 Å². The number of ether oxygens (including phenoxy) is 5. The van der Waals surface area contributed by atoms with Gasteiger partial charge in [-0.1, -0.05) is 54.6 Å². The van der Waals surface area contributed by atoms with E-state index in [-0.39, 0.29) is 51.5 Å². The van der Waals surface area contributed by atoms with E-state index in [2.05, 4.69) is 43.4 Å². The largest absolute Gasteiger partial charge is 0.497 e. The lowest BCUT2D eigenvalue weighted by molar-refractivity contribution is -0.259. The molecule has 1 aliphatic heterocycles. The van der Waals surface area contributed by atoms with Crippen molar-refractivity contribution in [1.29, 1.82) is 5.26 Å². The fourth-order valence-corrected chi connectivity index (χ4v) is 8.32. The normalized spacial score (nSPS) is 18.0. The maximum absolute atomic E-state index is 13.2.